The van der Waals surface area contributed by atoms with E-state index in [1.165, 1.54) is 25.3 Å². The van der Waals surface area contributed by atoms with Crippen molar-refractivity contribution in [1.29, 1.82) is 0 Å². The molecule has 4 nitrogen and oxygen atoms in total. The molecule has 0 radical (unpaired) electrons. The van der Waals surface area contributed by atoms with E-state index in [2.05, 4.69) is 10.1 Å². The van der Waals surface area contributed by atoms with E-state index in [9.17, 15) is 13.6 Å². The third-order valence-electron chi connectivity index (χ3n) is 2.19. The zero-order valence-electron chi connectivity index (χ0n) is 10.4. The maximum Gasteiger partial charge on any atom is 0.387 e. The van der Waals surface area contributed by atoms with Crippen LogP contribution >= 0.6 is 0 Å². The molecule has 6 heteroatoms. The molecular weight excluding hydrogens is 244 g/mol. The number of rotatable bonds is 5. The van der Waals surface area contributed by atoms with Gasteiger partial charge in [0.25, 0.3) is 0 Å². The monoisotopic (exact) mass is 259 g/mol. The normalized spacial score (nSPS) is 10.6. The minimum atomic E-state index is -2.95. The molecule has 1 aromatic rings. The van der Waals surface area contributed by atoms with Gasteiger partial charge < -0.3 is 14.8 Å². The summed E-state index contributed by atoms with van der Waals surface area (Å²) in [6.45, 7) is 0.444. The average molecular weight is 259 g/mol. The first-order valence-corrected chi connectivity index (χ1v) is 5.37. The summed E-state index contributed by atoms with van der Waals surface area (Å²) in [5.41, 5.74) is 0.161. The number of carbonyl (C=O) groups excluding carboxylic acids is 1. The Kier molecular flexibility index (Phi) is 4.88. The Hall–Kier alpha value is -1.85. The lowest BCUT2D eigenvalue weighted by molar-refractivity contribution is -0.119. The van der Waals surface area contributed by atoms with Crippen LogP contribution in [-0.2, 0) is 4.79 Å². The molecule has 100 valence electrons. The molecule has 0 aromatic heterocycles. The van der Waals surface area contributed by atoms with Crippen molar-refractivity contribution in [2.24, 2.45) is 5.92 Å². The van der Waals surface area contributed by atoms with Crippen LogP contribution in [0.25, 0.3) is 0 Å². The minimum Gasteiger partial charge on any atom is -0.497 e. The lowest BCUT2D eigenvalue weighted by atomic mass is 10.2. The van der Waals surface area contributed by atoms with E-state index >= 15 is 0 Å². The molecule has 0 saturated heterocycles. The fourth-order valence-electron chi connectivity index (χ4n) is 1.21. The van der Waals surface area contributed by atoms with E-state index in [1.807, 2.05) is 0 Å². The van der Waals surface area contributed by atoms with Crippen molar-refractivity contribution < 1.29 is 23.0 Å². The molecule has 0 aliphatic heterocycles. The van der Waals surface area contributed by atoms with Gasteiger partial charge in [-0.3, -0.25) is 4.79 Å². The molecule has 0 aliphatic rings. The standard InChI is InChI=1S/C12H15F2NO3/c1-7(2)11(16)15-9-6-8(17-3)4-5-10(9)18-12(13)14/h4-7,12H,1-3H3,(H,15,16). The van der Waals surface area contributed by atoms with Crippen LogP contribution in [0.4, 0.5) is 14.5 Å². The number of amides is 1. The lowest BCUT2D eigenvalue weighted by Gasteiger charge is -2.14. The van der Waals surface area contributed by atoms with Crippen LogP contribution in [0.1, 0.15) is 13.8 Å². The summed E-state index contributed by atoms with van der Waals surface area (Å²) in [5, 5.41) is 2.51. The molecule has 0 aliphatic carbocycles. The van der Waals surface area contributed by atoms with Gasteiger partial charge >= 0.3 is 6.61 Å². The predicted molar refractivity (Wildman–Crippen MR) is 63.1 cm³/mol. The fraction of sp³-hybridized carbons (Fsp3) is 0.417. The van der Waals surface area contributed by atoms with Crippen LogP contribution in [0.3, 0.4) is 0 Å². The van der Waals surface area contributed by atoms with E-state index in [-0.39, 0.29) is 23.3 Å². The second-order valence-corrected chi connectivity index (χ2v) is 3.88. The van der Waals surface area contributed by atoms with E-state index < -0.39 is 6.61 Å². The molecule has 0 unspecified atom stereocenters. The van der Waals surface area contributed by atoms with Gasteiger partial charge in [0, 0.05) is 12.0 Å². The Bertz CT molecular complexity index is 422. The molecule has 18 heavy (non-hydrogen) atoms. The van der Waals surface area contributed by atoms with Crippen molar-refractivity contribution >= 4 is 11.6 Å². The Balaban J connectivity index is 2.99. The summed E-state index contributed by atoms with van der Waals surface area (Å²) in [4.78, 5) is 11.6. The van der Waals surface area contributed by atoms with E-state index in [0.29, 0.717) is 5.75 Å². The highest BCUT2D eigenvalue weighted by molar-refractivity contribution is 5.93. The second kappa shape index (κ2) is 6.18. The number of benzene rings is 1. The molecular formula is C12H15F2NO3. The molecule has 0 fully saturated rings. The maximum atomic E-state index is 12.2. The Morgan fingerprint density at radius 3 is 2.50 bits per heavy atom. The summed E-state index contributed by atoms with van der Waals surface area (Å²) in [6.07, 6.45) is 0. The van der Waals surface area contributed by atoms with Crippen LogP contribution in [0.15, 0.2) is 18.2 Å². The average Bonchev–Trinajstić information content (AvgIpc) is 2.30. The van der Waals surface area contributed by atoms with E-state index in [4.69, 9.17) is 4.74 Å². The first-order chi connectivity index (χ1) is 8.43. The molecule has 1 rings (SSSR count). The quantitative estimate of drug-likeness (QED) is 0.884. The van der Waals surface area contributed by atoms with Crippen molar-refractivity contribution in [2.75, 3.05) is 12.4 Å². The SMILES string of the molecule is COc1ccc(OC(F)F)c(NC(=O)C(C)C)c1. The first kappa shape index (κ1) is 14.2. The van der Waals surface area contributed by atoms with Crippen LogP contribution in [0.2, 0.25) is 0 Å². The smallest absolute Gasteiger partial charge is 0.387 e. The zero-order valence-corrected chi connectivity index (χ0v) is 10.4. The molecule has 0 heterocycles. The van der Waals surface area contributed by atoms with Crippen molar-refractivity contribution in [3.05, 3.63) is 18.2 Å². The van der Waals surface area contributed by atoms with Gasteiger partial charge in [-0.15, -0.1) is 0 Å². The Morgan fingerprint density at radius 1 is 1.33 bits per heavy atom. The molecule has 1 aromatic carbocycles. The van der Waals surface area contributed by atoms with Crippen molar-refractivity contribution in [1.82, 2.24) is 0 Å². The topological polar surface area (TPSA) is 47.6 Å². The van der Waals surface area contributed by atoms with E-state index in [0.717, 1.165) is 0 Å². The van der Waals surface area contributed by atoms with Gasteiger partial charge in [-0.25, -0.2) is 0 Å². The highest BCUT2D eigenvalue weighted by Crippen LogP contribution is 2.30. The summed E-state index contributed by atoms with van der Waals surface area (Å²) < 4.78 is 33.7. The number of nitrogens with one attached hydrogen (secondary N) is 1. The number of anilines is 1. The minimum absolute atomic E-state index is 0.0974. The molecule has 0 saturated carbocycles. The third-order valence-corrected chi connectivity index (χ3v) is 2.19. The molecule has 0 atom stereocenters. The molecule has 0 spiro atoms. The van der Waals surface area contributed by atoms with Crippen molar-refractivity contribution in [2.45, 2.75) is 20.5 Å². The number of carbonyl (C=O) groups is 1. The largest absolute Gasteiger partial charge is 0.497 e. The van der Waals surface area contributed by atoms with Gasteiger partial charge in [-0.1, -0.05) is 13.8 Å². The number of halogens is 2. The van der Waals surface area contributed by atoms with Crippen LogP contribution in [-0.4, -0.2) is 19.6 Å². The number of ether oxygens (including phenoxy) is 2. The maximum absolute atomic E-state index is 12.2. The van der Waals surface area contributed by atoms with Gasteiger partial charge in [0.15, 0.2) is 0 Å². The number of alkyl halides is 2. The van der Waals surface area contributed by atoms with Crippen molar-refractivity contribution in [3.8, 4) is 11.5 Å². The van der Waals surface area contributed by atoms with Gasteiger partial charge in [-0.05, 0) is 12.1 Å². The van der Waals surface area contributed by atoms with Crippen LogP contribution in [0.5, 0.6) is 11.5 Å². The van der Waals surface area contributed by atoms with Crippen molar-refractivity contribution in [3.63, 3.8) is 0 Å². The molecule has 0 bridgehead atoms. The van der Waals surface area contributed by atoms with Gasteiger partial charge in [-0.2, -0.15) is 8.78 Å². The molecule has 1 N–H and O–H groups in total. The first-order valence-electron chi connectivity index (χ1n) is 5.37. The highest BCUT2D eigenvalue weighted by Gasteiger charge is 2.14. The Labute approximate surface area is 104 Å². The number of methoxy groups -OCH3 is 1. The summed E-state index contributed by atoms with van der Waals surface area (Å²) in [5.74, 6) is -0.214. The van der Waals surface area contributed by atoms with Crippen LogP contribution < -0.4 is 14.8 Å². The molecule has 1 amide bonds. The lowest BCUT2D eigenvalue weighted by Crippen LogP contribution is -2.18. The third kappa shape index (κ3) is 3.87. The Morgan fingerprint density at radius 2 is 2.00 bits per heavy atom. The van der Waals surface area contributed by atoms with Gasteiger partial charge in [0.2, 0.25) is 5.91 Å². The summed E-state index contributed by atoms with van der Waals surface area (Å²) >= 11 is 0. The fourth-order valence-corrected chi connectivity index (χ4v) is 1.21. The van der Waals surface area contributed by atoms with Gasteiger partial charge in [0.1, 0.15) is 11.5 Å². The predicted octanol–water partition coefficient (Wildman–Crippen LogP) is 2.89. The van der Waals surface area contributed by atoms with E-state index in [1.54, 1.807) is 13.8 Å². The summed E-state index contributed by atoms with van der Waals surface area (Å²) in [7, 11) is 1.44. The highest BCUT2D eigenvalue weighted by atomic mass is 19.3. The zero-order chi connectivity index (χ0) is 13.7. The number of hydrogen-bond donors (Lipinski definition) is 1. The van der Waals surface area contributed by atoms with Gasteiger partial charge in [0.05, 0.1) is 12.8 Å². The second-order valence-electron chi connectivity index (χ2n) is 3.88. The van der Waals surface area contributed by atoms with Crippen LogP contribution in [0, 0.1) is 5.92 Å². The number of hydrogen-bond acceptors (Lipinski definition) is 3. The summed E-state index contributed by atoms with van der Waals surface area (Å²) in [6, 6.07) is 4.22.